The van der Waals surface area contributed by atoms with Crippen LogP contribution >= 0.6 is 12.4 Å². The van der Waals surface area contributed by atoms with Crippen LogP contribution in [0, 0.1) is 5.92 Å². The van der Waals surface area contributed by atoms with E-state index in [9.17, 15) is 9.90 Å². The summed E-state index contributed by atoms with van der Waals surface area (Å²) in [7, 11) is 0. The molecule has 1 aromatic rings. The number of aliphatic hydroxyl groups is 1. The first-order valence-corrected chi connectivity index (χ1v) is 6.62. The summed E-state index contributed by atoms with van der Waals surface area (Å²) < 4.78 is 4.95. The van der Waals surface area contributed by atoms with Gasteiger partial charge >= 0.3 is 5.97 Å². The molecule has 0 radical (unpaired) electrons. The molecule has 0 unspecified atom stereocenters. The van der Waals surface area contributed by atoms with Crippen molar-refractivity contribution in [2.24, 2.45) is 11.7 Å². The van der Waals surface area contributed by atoms with E-state index in [0.717, 1.165) is 12.0 Å². The van der Waals surface area contributed by atoms with Crippen LogP contribution in [0.15, 0.2) is 24.3 Å². The Hall–Kier alpha value is -1.10. The van der Waals surface area contributed by atoms with E-state index in [1.165, 1.54) is 6.92 Å². The van der Waals surface area contributed by atoms with Crippen LogP contribution in [0.3, 0.4) is 0 Å². The summed E-state index contributed by atoms with van der Waals surface area (Å²) in [5.41, 5.74) is 6.86. The fourth-order valence-corrected chi connectivity index (χ4v) is 1.83. The second-order valence-corrected chi connectivity index (χ2v) is 5.23. The molecule has 1 aromatic carbocycles. The van der Waals surface area contributed by atoms with Gasteiger partial charge in [0.05, 0.1) is 12.1 Å². The zero-order chi connectivity index (χ0) is 14.4. The second-order valence-electron chi connectivity index (χ2n) is 5.23. The Bertz CT molecular complexity index is 406. The lowest BCUT2D eigenvalue weighted by atomic mass is 9.96. The number of ether oxygens (including phenoxy) is 1. The van der Waals surface area contributed by atoms with Gasteiger partial charge in [0, 0.05) is 6.92 Å². The van der Waals surface area contributed by atoms with Crippen molar-refractivity contribution in [3.05, 3.63) is 29.8 Å². The van der Waals surface area contributed by atoms with Crippen molar-refractivity contribution in [3.8, 4) is 5.75 Å². The number of esters is 1. The normalized spacial score (nSPS) is 13.5. The molecule has 0 aliphatic heterocycles. The summed E-state index contributed by atoms with van der Waals surface area (Å²) in [6, 6.07) is 6.52. The van der Waals surface area contributed by atoms with Gasteiger partial charge in [-0.05, 0) is 36.5 Å². The molecule has 0 saturated carbocycles. The van der Waals surface area contributed by atoms with Crippen LogP contribution in [0.5, 0.6) is 5.75 Å². The maximum atomic E-state index is 10.8. The molecule has 0 aromatic heterocycles. The van der Waals surface area contributed by atoms with Gasteiger partial charge in [-0.1, -0.05) is 26.0 Å². The van der Waals surface area contributed by atoms with Crippen molar-refractivity contribution >= 4 is 18.4 Å². The number of hydrogen-bond donors (Lipinski definition) is 2. The summed E-state index contributed by atoms with van der Waals surface area (Å²) in [5.74, 6) is 0.683. The minimum absolute atomic E-state index is 0. The molecule has 20 heavy (non-hydrogen) atoms. The first-order chi connectivity index (χ1) is 8.90. The highest BCUT2D eigenvalue weighted by Gasteiger charge is 2.17. The highest BCUT2D eigenvalue weighted by molar-refractivity contribution is 5.85. The molecular weight excluding hydrogens is 278 g/mol. The number of aliphatic hydroxyl groups excluding tert-OH is 1. The number of rotatable bonds is 6. The average molecular weight is 302 g/mol. The van der Waals surface area contributed by atoms with E-state index in [0.29, 0.717) is 18.1 Å². The van der Waals surface area contributed by atoms with Gasteiger partial charge in [0.25, 0.3) is 0 Å². The summed E-state index contributed by atoms with van der Waals surface area (Å²) in [6.07, 6.45) is 1.08. The molecule has 4 nitrogen and oxygen atoms in total. The largest absolute Gasteiger partial charge is 0.427 e. The molecule has 0 heterocycles. The lowest BCUT2D eigenvalue weighted by Gasteiger charge is -2.20. The van der Waals surface area contributed by atoms with Crippen molar-refractivity contribution in [2.45, 2.75) is 45.8 Å². The maximum Gasteiger partial charge on any atom is 0.308 e. The molecule has 0 saturated heterocycles. The number of carbonyl (C=O) groups excluding carboxylic acids is 1. The third-order valence-electron chi connectivity index (χ3n) is 2.98. The van der Waals surface area contributed by atoms with Crippen LogP contribution in [0.1, 0.15) is 45.2 Å². The number of carbonyl (C=O) groups is 1. The Kier molecular flexibility index (Phi) is 8.46. The van der Waals surface area contributed by atoms with Crippen LogP contribution in [0.2, 0.25) is 0 Å². The first-order valence-electron chi connectivity index (χ1n) is 6.62. The highest BCUT2D eigenvalue weighted by Crippen LogP contribution is 2.22. The van der Waals surface area contributed by atoms with Gasteiger partial charge in [0.2, 0.25) is 0 Å². The zero-order valence-electron chi connectivity index (χ0n) is 12.2. The molecule has 0 fully saturated rings. The molecule has 5 heteroatoms. The van der Waals surface area contributed by atoms with Crippen LogP contribution < -0.4 is 10.5 Å². The van der Waals surface area contributed by atoms with Crippen molar-refractivity contribution in [3.63, 3.8) is 0 Å². The molecular formula is C15H24ClNO3. The second kappa shape index (κ2) is 8.95. The Morgan fingerprint density at radius 3 is 2.25 bits per heavy atom. The smallest absolute Gasteiger partial charge is 0.308 e. The molecule has 0 aliphatic carbocycles. The van der Waals surface area contributed by atoms with Gasteiger partial charge < -0.3 is 15.6 Å². The maximum absolute atomic E-state index is 10.8. The van der Waals surface area contributed by atoms with Crippen molar-refractivity contribution < 1.29 is 14.6 Å². The van der Waals surface area contributed by atoms with Gasteiger partial charge in [0.15, 0.2) is 0 Å². The molecule has 0 bridgehead atoms. The van der Waals surface area contributed by atoms with Crippen LogP contribution in [-0.2, 0) is 4.79 Å². The third-order valence-corrected chi connectivity index (χ3v) is 2.98. The van der Waals surface area contributed by atoms with Crippen molar-refractivity contribution in [1.82, 2.24) is 0 Å². The van der Waals surface area contributed by atoms with Gasteiger partial charge in [0.1, 0.15) is 5.75 Å². The molecule has 0 aliphatic rings. The van der Waals surface area contributed by atoms with E-state index in [1.807, 2.05) is 0 Å². The fraction of sp³-hybridized carbons (Fsp3) is 0.533. The SMILES string of the molecule is CC(=O)Oc1ccc([C@H](N)[C@H](O)CCC(C)C)cc1.Cl. The monoisotopic (exact) mass is 301 g/mol. The Balaban J connectivity index is 0.00000361. The van der Waals surface area contributed by atoms with E-state index in [-0.39, 0.29) is 18.4 Å². The molecule has 0 spiro atoms. The predicted molar refractivity (Wildman–Crippen MR) is 82.0 cm³/mol. The van der Waals surface area contributed by atoms with Gasteiger partial charge in [-0.3, -0.25) is 4.79 Å². The van der Waals surface area contributed by atoms with Gasteiger partial charge in [-0.25, -0.2) is 0 Å². The lowest BCUT2D eigenvalue weighted by Crippen LogP contribution is -2.26. The first kappa shape index (κ1) is 18.9. The average Bonchev–Trinajstić information content (AvgIpc) is 2.35. The van der Waals surface area contributed by atoms with E-state index in [1.54, 1.807) is 24.3 Å². The molecule has 3 N–H and O–H groups in total. The molecule has 2 atom stereocenters. The van der Waals surface area contributed by atoms with E-state index >= 15 is 0 Å². The zero-order valence-corrected chi connectivity index (χ0v) is 13.0. The summed E-state index contributed by atoms with van der Waals surface area (Å²) in [4.78, 5) is 10.8. The minimum Gasteiger partial charge on any atom is -0.427 e. The number of nitrogens with two attached hydrogens (primary N) is 1. The molecule has 0 amide bonds. The standard InChI is InChI=1S/C15H23NO3.ClH/c1-10(2)4-9-14(18)15(16)12-5-7-13(8-6-12)19-11(3)17;/h5-8,10,14-15,18H,4,9,16H2,1-3H3;1H/t14-,15+;/m1./s1. The topological polar surface area (TPSA) is 72.5 Å². The van der Waals surface area contributed by atoms with E-state index in [2.05, 4.69) is 13.8 Å². The molecule has 1 rings (SSSR count). The fourth-order valence-electron chi connectivity index (χ4n) is 1.83. The summed E-state index contributed by atoms with van der Waals surface area (Å²) in [6.45, 7) is 5.59. The van der Waals surface area contributed by atoms with Crippen molar-refractivity contribution in [1.29, 1.82) is 0 Å². The van der Waals surface area contributed by atoms with Crippen molar-refractivity contribution in [2.75, 3.05) is 0 Å². The van der Waals surface area contributed by atoms with Gasteiger partial charge in [-0.15, -0.1) is 12.4 Å². The van der Waals surface area contributed by atoms with Crippen LogP contribution in [0.4, 0.5) is 0 Å². The van der Waals surface area contributed by atoms with Gasteiger partial charge in [-0.2, -0.15) is 0 Å². The third kappa shape index (κ3) is 6.37. The Morgan fingerprint density at radius 1 is 1.25 bits per heavy atom. The summed E-state index contributed by atoms with van der Waals surface area (Å²) >= 11 is 0. The minimum atomic E-state index is -0.554. The van der Waals surface area contributed by atoms with Crippen LogP contribution in [-0.4, -0.2) is 17.2 Å². The predicted octanol–water partition coefficient (Wildman–Crippen LogP) is 2.83. The highest BCUT2D eigenvalue weighted by atomic mass is 35.5. The Morgan fingerprint density at radius 2 is 1.80 bits per heavy atom. The van der Waals surface area contributed by atoms with Crippen LogP contribution in [0.25, 0.3) is 0 Å². The van der Waals surface area contributed by atoms with E-state index in [4.69, 9.17) is 10.5 Å². The lowest BCUT2D eigenvalue weighted by molar-refractivity contribution is -0.131. The Labute approximate surface area is 126 Å². The number of halogens is 1. The number of hydrogen-bond acceptors (Lipinski definition) is 4. The van der Waals surface area contributed by atoms with E-state index < -0.39 is 12.1 Å². The summed E-state index contributed by atoms with van der Waals surface area (Å²) in [5, 5.41) is 10.0. The quantitative estimate of drug-likeness (QED) is 0.626. The number of benzene rings is 1. The molecule has 114 valence electrons.